The summed E-state index contributed by atoms with van der Waals surface area (Å²) < 4.78 is 0. The predicted molar refractivity (Wildman–Crippen MR) is 69.4 cm³/mol. The van der Waals surface area contributed by atoms with Gasteiger partial charge in [0.05, 0.1) is 6.54 Å². The third-order valence-electron chi connectivity index (χ3n) is 2.44. The van der Waals surface area contributed by atoms with E-state index < -0.39 is 0 Å². The zero-order valence-corrected chi connectivity index (χ0v) is 11.5. The molecule has 0 aliphatic heterocycles. The zero-order valence-electron chi connectivity index (χ0n) is 11.5. The summed E-state index contributed by atoms with van der Waals surface area (Å²) in [5, 5.41) is 6.16. The Morgan fingerprint density at radius 2 is 1.56 bits per heavy atom. The summed E-state index contributed by atoms with van der Waals surface area (Å²) >= 11 is 0. The second-order valence-corrected chi connectivity index (χ2v) is 5.29. The molecule has 0 bridgehead atoms. The molecule has 3 nitrogen and oxygen atoms in total. The van der Waals surface area contributed by atoms with Gasteiger partial charge in [-0.05, 0) is 31.6 Å². The summed E-state index contributed by atoms with van der Waals surface area (Å²) in [6.45, 7) is 12.0. The highest BCUT2D eigenvalue weighted by Crippen LogP contribution is 2.12. The Bertz CT molecular complexity index is 180. The molecule has 0 aromatic heterocycles. The van der Waals surface area contributed by atoms with Crippen molar-refractivity contribution in [3.8, 4) is 0 Å². The van der Waals surface area contributed by atoms with Crippen molar-refractivity contribution in [2.45, 2.75) is 53.5 Å². The number of likely N-dealkylation sites (N-methyl/N-ethyl adjacent to an activating group) is 1. The molecular formula is C13H28N2O. The van der Waals surface area contributed by atoms with E-state index >= 15 is 0 Å². The quantitative estimate of drug-likeness (QED) is 0.668. The van der Waals surface area contributed by atoms with E-state index in [1.54, 1.807) is 0 Å². The fraction of sp³-hybridized carbons (Fsp3) is 0.923. The highest BCUT2D eigenvalue weighted by Gasteiger charge is 2.13. The van der Waals surface area contributed by atoms with Crippen LogP contribution >= 0.6 is 0 Å². The van der Waals surface area contributed by atoms with Gasteiger partial charge in [0.1, 0.15) is 0 Å². The van der Waals surface area contributed by atoms with Crippen LogP contribution in [0.25, 0.3) is 0 Å². The number of carbonyl (C=O) groups is 1. The molecule has 0 radical (unpaired) electrons. The number of hydrogen-bond donors (Lipinski definition) is 2. The number of rotatable bonds is 8. The van der Waals surface area contributed by atoms with Crippen molar-refractivity contribution in [3.05, 3.63) is 0 Å². The summed E-state index contributed by atoms with van der Waals surface area (Å²) in [5.41, 5.74) is 0. The molecule has 0 atom stereocenters. The molecule has 0 aromatic rings. The van der Waals surface area contributed by atoms with Crippen LogP contribution < -0.4 is 10.6 Å². The first kappa shape index (κ1) is 15.4. The Morgan fingerprint density at radius 1 is 1.06 bits per heavy atom. The zero-order chi connectivity index (χ0) is 12.6. The van der Waals surface area contributed by atoms with E-state index in [1.165, 1.54) is 0 Å². The molecule has 16 heavy (non-hydrogen) atoms. The lowest BCUT2D eigenvalue weighted by Crippen LogP contribution is -2.40. The molecule has 2 N–H and O–H groups in total. The smallest absolute Gasteiger partial charge is 0.233 e. The highest BCUT2D eigenvalue weighted by atomic mass is 16.1. The van der Waals surface area contributed by atoms with Crippen molar-refractivity contribution in [3.63, 3.8) is 0 Å². The second kappa shape index (κ2) is 8.57. The molecule has 0 spiro atoms. The SMILES string of the molecule is CCNC(=O)CNC(CC(C)C)CC(C)C. The maximum atomic E-state index is 11.3. The highest BCUT2D eigenvalue weighted by molar-refractivity contribution is 5.77. The van der Waals surface area contributed by atoms with E-state index in [0.717, 1.165) is 12.8 Å². The molecule has 0 unspecified atom stereocenters. The van der Waals surface area contributed by atoms with Crippen LogP contribution in [0.5, 0.6) is 0 Å². The van der Waals surface area contributed by atoms with Crippen molar-refractivity contribution < 1.29 is 4.79 Å². The lowest BCUT2D eigenvalue weighted by atomic mass is 9.95. The van der Waals surface area contributed by atoms with Crippen molar-refractivity contribution in [1.29, 1.82) is 0 Å². The van der Waals surface area contributed by atoms with Gasteiger partial charge in [-0.3, -0.25) is 4.79 Å². The largest absolute Gasteiger partial charge is 0.355 e. The van der Waals surface area contributed by atoms with E-state index in [0.29, 0.717) is 31.0 Å². The van der Waals surface area contributed by atoms with Gasteiger partial charge in [-0.15, -0.1) is 0 Å². The standard InChI is InChI=1S/C13H28N2O/c1-6-14-13(16)9-15-12(7-10(2)3)8-11(4)5/h10-12,15H,6-9H2,1-5H3,(H,14,16). The van der Waals surface area contributed by atoms with Crippen LogP contribution in [-0.2, 0) is 4.79 Å². The Balaban J connectivity index is 3.95. The van der Waals surface area contributed by atoms with E-state index in [-0.39, 0.29) is 5.91 Å². The Kier molecular flexibility index (Phi) is 8.26. The number of hydrogen-bond acceptors (Lipinski definition) is 2. The minimum Gasteiger partial charge on any atom is -0.355 e. The fourth-order valence-corrected chi connectivity index (χ4v) is 1.90. The van der Waals surface area contributed by atoms with Crippen LogP contribution in [0.15, 0.2) is 0 Å². The van der Waals surface area contributed by atoms with Gasteiger partial charge in [0.2, 0.25) is 5.91 Å². The average Bonchev–Trinajstić information content (AvgIpc) is 2.13. The molecule has 0 fully saturated rings. The van der Waals surface area contributed by atoms with Crippen LogP contribution in [0.2, 0.25) is 0 Å². The maximum absolute atomic E-state index is 11.3. The first-order valence-corrected chi connectivity index (χ1v) is 6.45. The summed E-state index contributed by atoms with van der Waals surface area (Å²) in [7, 11) is 0. The molecule has 0 saturated carbocycles. The van der Waals surface area contributed by atoms with Crippen molar-refractivity contribution in [1.82, 2.24) is 10.6 Å². The Labute approximate surface area is 100 Å². The third kappa shape index (κ3) is 8.72. The summed E-state index contributed by atoms with van der Waals surface area (Å²) in [6.07, 6.45) is 2.27. The van der Waals surface area contributed by atoms with Gasteiger partial charge in [0, 0.05) is 12.6 Å². The van der Waals surface area contributed by atoms with Gasteiger partial charge in [-0.2, -0.15) is 0 Å². The Morgan fingerprint density at radius 3 is 1.94 bits per heavy atom. The van der Waals surface area contributed by atoms with Crippen LogP contribution in [0.3, 0.4) is 0 Å². The molecule has 1 amide bonds. The minimum absolute atomic E-state index is 0.0972. The summed E-state index contributed by atoms with van der Waals surface area (Å²) in [5.74, 6) is 1.44. The number of nitrogens with one attached hydrogen (secondary N) is 2. The second-order valence-electron chi connectivity index (χ2n) is 5.29. The van der Waals surface area contributed by atoms with E-state index in [4.69, 9.17) is 0 Å². The van der Waals surface area contributed by atoms with Crippen LogP contribution in [0, 0.1) is 11.8 Å². The molecular weight excluding hydrogens is 200 g/mol. The van der Waals surface area contributed by atoms with Gasteiger partial charge in [-0.1, -0.05) is 27.7 Å². The number of amides is 1. The third-order valence-corrected chi connectivity index (χ3v) is 2.44. The topological polar surface area (TPSA) is 41.1 Å². The molecule has 3 heteroatoms. The minimum atomic E-state index is 0.0972. The summed E-state index contributed by atoms with van der Waals surface area (Å²) in [4.78, 5) is 11.3. The monoisotopic (exact) mass is 228 g/mol. The van der Waals surface area contributed by atoms with Crippen LogP contribution in [-0.4, -0.2) is 25.0 Å². The van der Waals surface area contributed by atoms with E-state index in [2.05, 4.69) is 38.3 Å². The average molecular weight is 228 g/mol. The van der Waals surface area contributed by atoms with E-state index in [9.17, 15) is 4.79 Å². The van der Waals surface area contributed by atoms with E-state index in [1.807, 2.05) is 6.92 Å². The number of carbonyl (C=O) groups excluding carboxylic acids is 1. The van der Waals surface area contributed by atoms with Crippen LogP contribution in [0.1, 0.15) is 47.5 Å². The molecule has 0 aliphatic rings. The van der Waals surface area contributed by atoms with Gasteiger partial charge in [0.25, 0.3) is 0 Å². The predicted octanol–water partition coefficient (Wildman–Crippen LogP) is 2.17. The molecule has 0 aromatic carbocycles. The van der Waals surface area contributed by atoms with Crippen LogP contribution in [0.4, 0.5) is 0 Å². The van der Waals surface area contributed by atoms with Gasteiger partial charge < -0.3 is 10.6 Å². The molecule has 96 valence electrons. The first-order chi connectivity index (χ1) is 7.45. The molecule has 0 aliphatic carbocycles. The van der Waals surface area contributed by atoms with Crippen molar-refractivity contribution in [2.24, 2.45) is 11.8 Å². The molecule has 0 saturated heterocycles. The molecule has 0 rings (SSSR count). The summed E-state index contributed by atoms with van der Waals surface area (Å²) in [6, 6.07) is 0.461. The van der Waals surface area contributed by atoms with Crippen molar-refractivity contribution in [2.75, 3.05) is 13.1 Å². The fourth-order valence-electron chi connectivity index (χ4n) is 1.90. The molecule has 0 heterocycles. The lowest BCUT2D eigenvalue weighted by Gasteiger charge is -2.22. The van der Waals surface area contributed by atoms with Gasteiger partial charge in [0.15, 0.2) is 0 Å². The van der Waals surface area contributed by atoms with Crippen molar-refractivity contribution >= 4 is 5.91 Å². The first-order valence-electron chi connectivity index (χ1n) is 6.45. The normalized spacial score (nSPS) is 11.5. The maximum Gasteiger partial charge on any atom is 0.233 e. The Hall–Kier alpha value is -0.570. The van der Waals surface area contributed by atoms with Gasteiger partial charge >= 0.3 is 0 Å². The lowest BCUT2D eigenvalue weighted by molar-refractivity contribution is -0.120. The van der Waals surface area contributed by atoms with Gasteiger partial charge in [-0.25, -0.2) is 0 Å².